The Hall–Kier alpha value is -11.6. The molecule has 42 heteroatoms. The van der Waals surface area contributed by atoms with Crippen LogP contribution in [0.15, 0.2) is 107 Å². The zero-order valence-electron chi connectivity index (χ0n) is 75.8. The van der Waals surface area contributed by atoms with Crippen molar-refractivity contribution in [3.63, 3.8) is 0 Å². The average molecular weight is 2110 g/mol. The maximum absolute atomic E-state index is 15.1. The molecule has 0 unspecified atom stereocenters. The summed E-state index contributed by atoms with van der Waals surface area (Å²) in [5.74, 6) is -4.06. The van der Waals surface area contributed by atoms with Crippen molar-refractivity contribution in [2.45, 2.75) is 119 Å². The molecule has 15 rings (SSSR count). The minimum atomic E-state index is -1.01. The molecule has 0 radical (unpaired) electrons. The summed E-state index contributed by atoms with van der Waals surface area (Å²) in [6, 6.07) is 15.4. The molecule has 3 fully saturated rings. The highest BCUT2D eigenvalue weighted by molar-refractivity contribution is 6.49. The highest BCUT2D eigenvalue weighted by Gasteiger charge is 2.40. The first-order valence-electron chi connectivity index (χ1n) is 42.6. The standard InChI is InChI=1S/3C32H28Cl4FN7O2/c2*1-6-20(45)43-10-9-42(13-16(43)5)30-17-11-19(33)28(21-22(34)25(37)24(36)26(39)23(21)35)41-31(17)44(32(46)18(30)12-38)29-15(4)7-8-40-27(29)14(2)3;1-6-20(45)43-10-9-42(13-16(43)5)30-17-11-19(33)28(21-22(34)24(36)25(37)26(39)23(21)35)41-31(17)44(32(46)18(30)12-38)29-15(4)7-8-40-27(29)14(2)3/h3*6-8,11,14,16H,1,9-10,13,39H2,2-5H3/t3*16-/m111/s1. The van der Waals surface area contributed by atoms with Crippen LogP contribution in [0.25, 0.3) is 83.9 Å². The van der Waals surface area contributed by atoms with Crippen molar-refractivity contribution in [3.05, 3.63) is 252 Å². The molecule has 714 valence electrons. The van der Waals surface area contributed by atoms with Gasteiger partial charge in [0.05, 0.1) is 136 Å². The van der Waals surface area contributed by atoms with Crippen LogP contribution < -0.4 is 48.6 Å². The van der Waals surface area contributed by atoms with Crippen LogP contribution in [-0.2, 0) is 14.4 Å². The normalized spacial score (nSPS) is 15.0. The number of nitriles is 3. The summed E-state index contributed by atoms with van der Waals surface area (Å²) in [7, 11) is 0. The summed E-state index contributed by atoms with van der Waals surface area (Å²) in [6.07, 6.45) is 8.67. The Morgan fingerprint density at radius 2 is 0.659 bits per heavy atom. The molecule has 12 aromatic rings. The minimum absolute atomic E-state index is 0.00623. The number of carbonyl (C=O) groups excluding carboxylic acids is 3. The summed E-state index contributed by atoms with van der Waals surface area (Å²) in [5.41, 5.74) is 20.6. The minimum Gasteiger partial charge on any atom is -0.396 e. The summed E-state index contributed by atoms with van der Waals surface area (Å²) in [5, 5.41) is 29.3. The highest BCUT2D eigenvalue weighted by atomic mass is 35.5. The summed E-state index contributed by atoms with van der Waals surface area (Å²) in [4.78, 5) is 120. The first kappa shape index (κ1) is 104. The number of piperazine rings is 3. The Morgan fingerprint density at radius 1 is 0.399 bits per heavy atom. The van der Waals surface area contributed by atoms with Crippen molar-refractivity contribution < 1.29 is 27.6 Å². The van der Waals surface area contributed by atoms with E-state index in [1.54, 1.807) is 57.6 Å². The molecule has 3 aliphatic rings. The number of nitrogens with two attached hydrogens (primary N) is 3. The number of hydrogen-bond donors (Lipinski definition) is 3. The molecule has 3 aliphatic heterocycles. The molecule has 3 atom stereocenters. The van der Waals surface area contributed by atoms with Gasteiger partial charge >= 0.3 is 0 Å². The van der Waals surface area contributed by atoms with Gasteiger partial charge in [-0.1, -0.05) is 200 Å². The lowest BCUT2D eigenvalue weighted by molar-refractivity contribution is -0.129. The van der Waals surface area contributed by atoms with E-state index in [9.17, 15) is 48.9 Å². The fourth-order valence-electron chi connectivity index (χ4n) is 17.5. The molecular formula is C96H84Cl12F3N21O6. The van der Waals surface area contributed by atoms with E-state index in [4.69, 9.17) is 171 Å². The van der Waals surface area contributed by atoms with Crippen LogP contribution >= 0.6 is 139 Å². The maximum Gasteiger partial charge on any atom is 0.276 e. The number of fused-ring (bicyclic) bond motifs is 3. The van der Waals surface area contributed by atoms with Crippen LogP contribution in [0, 0.1) is 72.2 Å². The summed E-state index contributed by atoms with van der Waals surface area (Å²) < 4.78 is 48.9. The van der Waals surface area contributed by atoms with Gasteiger partial charge < -0.3 is 46.6 Å². The second kappa shape index (κ2) is 41.4. The molecule has 138 heavy (non-hydrogen) atoms. The number of anilines is 6. The number of pyridine rings is 9. The van der Waals surface area contributed by atoms with Gasteiger partial charge in [-0.25, -0.2) is 28.1 Å². The lowest BCUT2D eigenvalue weighted by Crippen LogP contribution is -2.54. The third-order valence-electron chi connectivity index (χ3n) is 24.1. The highest BCUT2D eigenvalue weighted by Crippen LogP contribution is 2.52. The van der Waals surface area contributed by atoms with Crippen molar-refractivity contribution in [3.8, 4) is 69.0 Å². The number of benzene rings is 3. The third-order valence-corrected chi connectivity index (χ3v) is 28.5. The molecule has 0 saturated carbocycles. The van der Waals surface area contributed by atoms with E-state index in [1.807, 2.05) is 97.8 Å². The molecule has 9 aromatic heterocycles. The first-order chi connectivity index (χ1) is 65.2. The fraction of sp³-hybridized carbons (Fsp3) is 0.281. The molecule has 27 nitrogen and oxygen atoms in total. The Kier molecular flexibility index (Phi) is 31.1. The van der Waals surface area contributed by atoms with Gasteiger partial charge in [0.25, 0.3) is 16.7 Å². The zero-order valence-corrected chi connectivity index (χ0v) is 84.8. The molecule has 3 amide bonds. The molecule has 0 aliphatic carbocycles. The van der Waals surface area contributed by atoms with Gasteiger partial charge in [0, 0.05) is 128 Å². The fourth-order valence-corrected chi connectivity index (χ4v) is 20.8. The molecule has 3 aromatic carbocycles. The van der Waals surface area contributed by atoms with Gasteiger partial charge in [0.2, 0.25) is 17.7 Å². The first-order valence-corrected chi connectivity index (χ1v) is 47.1. The number of carbonyl (C=O) groups is 3. The third kappa shape index (κ3) is 18.3. The van der Waals surface area contributed by atoms with E-state index in [2.05, 4.69) is 52.9 Å². The largest absolute Gasteiger partial charge is 0.396 e. The van der Waals surface area contributed by atoms with Crippen molar-refractivity contribution in [2.24, 2.45) is 0 Å². The molecule has 0 bridgehead atoms. The van der Waals surface area contributed by atoms with E-state index in [0.29, 0.717) is 143 Å². The predicted molar refractivity (Wildman–Crippen MR) is 546 cm³/mol. The summed E-state index contributed by atoms with van der Waals surface area (Å²) >= 11 is 77.7. The number of aryl methyl sites for hydroxylation is 3. The zero-order chi connectivity index (χ0) is 101. The Bertz CT molecular complexity index is 6780. The van der Waals surface area contributed by atoms with Gasteiger partial charge in [0.1, 0.15) is 61.9 Å². The lowest BCUT2D eigenvalue weighted by atomic mass is 10.0. The van der Waals surface area contributed by atoms with Crippen LogP contribution in [0.5, 0.6) is 0 Å². The van der Waals surface area contributed by atoms with E-state index in [1.165, 1.54) is 44.1 Å². The number of rotatable bonds is 15. The predicted octanol–water partition coefficient (Wildman–Crippen LogP) is 21.9. The second-order valence-corrected chi connectivity index (χ2v) is 38.4. The van der Waals surface area contributed by atoms with Crippen LogP contribution in [0.1, 0.15) is 131 Å². The quantitative estimate of drug-likeness (QED) is 0.0371. The monoisotopic (exact) mass is 2100 g/mol. The molecule has 0 spiro atoms. The van der Waals surface area contributed by atoms with Crippen LogP contribution in [-0.4, -0.2) is 153 Å². The van der Waals surface area contributed by atoms with Crippen LogP contribution in [0.3, 0.4) is 0 Å². The lowest BCUT2D eigenvalue weighted by Gasteiger charge is -2.41. The Morgan fingerprint density at radius 3 is 0.906 bits per heavy atom. The number of amides is 3. The van der Waals surface area contributed by atoms with E-state index >= 15 is 8.78 Å². The molecule has 3 saturated heterocycles. The Balaban J connectivity index is 0.000000175. The topological polar surface area (TPSA) is 363 Å². The van der Waals surface area contributed by atoms with Crippen molar-refractivity contribution in [2.75, 3.05) is 90.8 Å². The number of nitrogen functional groups attached to an aromatic ring is 3. The van der Waals surface area contributed by atoms with E-state index in [0.717, 1.165) is 0 Å². The van der Waals surface area contributed by atoms with Crippen molar-refractivity contribution >= 4 is 224 Å². The number of aromatic nitrogens is 9. The smallest absolute Gasteiger partial charge is 0.276 e. The summed E-state index contributed by atoms with van der Waals surface area (Å²) in [6.45, 7) is 36.1. The van der Waals surface area contributed by atoms with Crippen molar-refractivity contribution in [1.29, 1.82) is 15.8 Å². The Labute approximate surface area is 850 Å². The van der Waals surface area contributed by atoms with Gasteiger partial charge in [-0.15, -0.1) is 0 Å². The van der Waals surface area contributed by atoms with Gasteiger partial charge in [0.15, 0.2) is 17.5 Å². The number of halogens is 15. The van der Waals surface area contributed by atoms with Gasteiger partial charge in [-0.3, -0.25) is 57.4 Å². The molecule has 6 N–H and O–H groups in total. The van der Waals surface area contributed by atoms with E-state index < -0.39 is 64.9 Å². The van der Waals surface area contributed by atoms with Crippen LogP contribution in [0.2, 0.25) is 60.3 Å². The molecule has 12 heterocycles. The average Bonchev–Trinajstić information content (AvgIpc) is 0.726. The SMILES string of the molecule is C=CC(=O)N1CCN(c2c(C#N)c(=O)n(-c3c(C)ccnc3C(C)C)c3nc(-c4c(Cl)c(N)c(Cl)c(F)c4Cl)c(Cl)cc23)C[C@H]1C.C=CC(=O)N1CCN(c2c(C#N)c(=O)n(-c3c(C)ccnc3C(C)C)c3nc(-c4c(Cl)c(N)c(Cl)c(F)c4Cl)c(Cl)cc23)C[C@H]1C.C=CC(=O)N1CCN(c2c(C#N)c(=O)n(-c3c(C)ccnc3C(C)C)c3nc(-c4c(Cl)c(N)c(F)c(Cl)c4Cl)c(Cl)cc23)C[C@H]1C. The van der Waals surface area contributed by atoms with Gasteiger partial charge in [-0.2, -0.15) is 15.8 Å². The second-order valence-electron chi connectivity index (χ2n) is 33.8. The van der Waals surface area contributed by atoms with Crippen LogP contribution in [0.4, 0.5) is 47.3 Å². The van der Waals surface area contributed by atoms with Gasteiger partial charge in [-0.05, 0) is 131 Å². The maximum atomic E-state index is 15.1. The number of nitrogens with zero attached hydrogens (tertiary/aromatic N) is 18. The van der Waals surface area contributed by atoms with Crippen molar-refractivity contribution in [1.82, 2.24) is 58.3 Å². The number of hydrogen-bond acceptors (Lipinski definition) is 21. The molecular weight excluding hydrogens is 2030 g/mol. The van der Waals surface area contributed by atoms with E-state index in [-0.39, 0.29) is 168 Å².